The molecule has 0 bridgehead atoms. The third-order valence-electron chi connectivity index (χ3n) is 3.08. The van der Waals surface area contributed by atoms with Gasteiger partial charge in [0.15, 0.2) is 0 Å². The van der Waals surface area contributed by atoms with Crippen molar-refractivity contribution in [3.05, 3.63) is 47.5 Å². The fourth-order valence-corrected chi connectivity index (χ4v) is 2.47. The largest absolute Gasteiger partial charge is 0.0683 e. The van der Waals surface area contributed by atoms with Gasteiger partial charge in [0.05, 0.1) is 0 Å². The van der Waals surface area contributed by atoms with E-state index in [1.165, 1.54) is 28.3 Å². The molecule has 0 N–H and O–H groups in total. The van der Waals surface area contributed by atoms with Gasteiger partial charge in [-0.15, -0.1) is 0 Å². The predicted molar refractivity (Wildman–Crippen MR) is 67.4 cm³/mol. The average Bonchev–Trinajstić information content (AvgIpc) is 2.62. The molecule has 78 valence electrons. The maximum Gasteiger partial charge on any atom is -0.0117 e. The molecule has 0 saturated heterocycles. The highest BCUT2D eigenvalue weighted by Gasteiger charge is 2.19. The Hall–Kier alpha value is -1.30. The molecule has 1 atom stereocenters. The molecule has 0 spiro atoms. The Morgan fingerprint density at radius 3 is 2.40 bits per heavy atom. The van der Waals surface area contributed by atoms with E-state index in [-0.39, 0.29) is 0 Å². The summed E-state index contributed by atoms with van der Waals surface area (Å²) in [5.74, 6) is 0.709. The number of benzene rings is 2. The summed E-state index contributed by atoms with van der Waals surface area (Å²) in [6.45, 7) is 6.31. The summed E-state index contributed by atoms with van der Waals surface area (Å²) in [6, 6.07) is 13.3. The molecule has 0 amide bonds. The van der Waals surface area contributed by atoms with Crippen LogP contribution in [0.1, 0.15) is 37.8 Å². The van der Waals surface area contributed by atoms with Crippen LogP contribution in [0.3, 0.4) is 0 Å². The molecule has 0 saturated carbocycles. The zero-order valence-corrected chi connectivity index (χ0v) is 9.75. The van der Waals surface area contributed by atoms with Crippen LogP contribution in [0.15, 0.2) is 36.4 Å². The van der Waals surface area contributed by atoms with E-state index in [1.807, 2.05) is 13.8 Å². The van der Waals surface area contributed by atoms with Crippen LogP contribution in [-0.4, -0.2) is 0 Å². The second-order valence-electron chi connectivity index (χ2n) is 3.97. The van der Waals surface area contributed by atoms with E-state index < -0.39 is 0 Å². The van der Waals surface area contributed by atoms with E-state index in [4.69, 9.17) is 0 Å². The minimum Gasteiger partial charge on any atom is -0.0683 e. The maximum absolute atomic E-state index is 2.31. The van der Waals surface area contributed by atoms with Crippen LogP contribution < -0.4 is 0 Å². The van der Waals surface area contributed by atoms with Gasteiger partial charge in [0, 0.05) is 0 Å². The van der Waals surface area contributed by atoms with Gasteiger partial charge in [-0.3, -0.25) is 0 Å². The normalized spacial score (nSPS) is 17.4. The van der Waals surface area contributed by atoms with Crippen LogP contribution in [0, 0.1) is 0 Å². The van der Waals surface area contributed by atoms with Crippen LogP contribution in [0.25, 0.3) is 10.8 Å². The Kier molecular flexibility index (Phi) is 2.77. The van der Waals surface area contributed by atoms with Gasteiger partial charge in [0.25, 0.3) is 0 Å². The van der Waals surface area contributed by atoms with E-state index >= 15 is 0 Å². The Balaban J connectivity index is 0.000000404. The average molecular weight is 198 g/mol. The first kappa shape index (κ1) is 10.2. The smallest absolute Gasteiger partial charge is 0.0117 e. The Labute approximate surface area is 91.9 Å². The van der Waals surface area contributed by atoms with Crippen LogP contribution in [-0.2, 0) is 6.42 Å². The highest BCUT2D eigenvalue weighted by Crippen LogP contribution is 2.37. The maximum atomic E-state index is 2.31. The van der Waals surface area contributed by atoms with E-state index in [0.717, 1.165) is 0 Å². The van der Waals surface area contributed by atoms with Gasteiger partial charge in [0.2, 0.25) is 0 Å². The molecule has 1 unspecified atom stereocenters. The van der Waals surface area contributed by atoms with Crippen molar-refractivity contribution in [3.8, 4) is 0 Å². The molecule has 0 heteroatoms. The molecule has 3 rings (SSSR count). The van der Waals surface area contributed by atoms with Crippen LogP contribution in [0.5, 0.6) is 0 Å². The first-order valence-electron chi connectivity index (χ1n) is 5.87. The van der Waals surface area contributed by atoms with Gasteiger partial charge < -0.3 is 0 Å². The number of rotatable bonds is 0. The molecule has 0 aromatic heterocycles. The summed E-state index contributed by atoms with van der Waals surface area (Å²) in [5, 5.41) is 2.91. The molecular formula is C15H18. The predicted octanol–water partition coefficient (Wildman–Crippen LogP) is 4.53. The monoisotopic (exact) mass is 198 g/mol. The first-order valence-corrected chi connectivity index (χ1v) is 5.87. The molecular weight excluding hydrogens is 180 g/mol. The first-order chi connectivity index (χ1) is 7.36. The minimum atomic E-state index is 0.709. The second kappa shape index (κ2) is 4.06. The molecule has 0 heterocycles. The Bertz CT molecular complexity index is 463. The summed E-state index contributed by atoms with van der Waals surface area (Å²) in [5.41, 5.74) is 3.06. The van der Waals surface area contributed by atoms with Crippen molar-refractivity contribution in [2.75, 3.05) is 0 Å². The van der Waals surface area contributed by atoms with Gasteiger partial charge in [-0.1, -0.05) is 57.2 Å². The lowest BCUT2D eigenvalue weighted by Gasteiger charge is -2.02. The molecule has 2 aromatic carbocycles. The Morgan fingerprint density at radius 2 is 1.67 bits per heavy atom. The van der Waals surface area contributed by atoms with Gasteiger partial charge in [-0.05, 0) is 34.2 Å². The lowest BCUT2D eigenvalue weighted by Crippen LogP contribution is -1.86. The van der Waals surface area contributed by atoms with Gasteiger partial charge in [0.1, 0.15) is 0 Å². The van der Waals surface area contributed by atoms with E-state index in [0.29, 0.717) is 5.92 Å². The fraction of sp³-hybridized carbons (Fsp3) is 0.333. The SMILES string of the molecule is CC.CC1Cc2cccc3cccc1c23. The summed E-state index contributed by atoms with van der Waals surface area (Å²) < 4.78 is 0. The van der Waals surface area contributed by atoms with E-state index in [2.05, 4.69) is 43.3 Å². The molecule has 0 aliphatic heterocycles. The molecule has 1 aliphatic carbocycles. The number of hydrogen-bond acceptors (Lipinski definition) is 0. The quantitative estimate of drug-likeness (QED) is 0.583. The van der Waals surface area contributed by atoms with Crippen molar-refractivity contribution in [3.63, 3.8) is 0 Å². The second-order valence-corrected chi connectivity index (χ2v) is 3.97. The lowest BCUT2D eigenvalue weighted by atomic mass is 10.0. The highest BCUT2D eigenvalue weighted by atomic mass is 14.2. The van der Waals surface area contributed by atoms with Crippen LogP contribution in [0.2, 0.25) is 0 Å². The van der Waals surface area contributed by atoms with Crippen LogP contribution >= 0.6 is 0 Å². The van der Waals surface area contributed by atoms with Gasteiger partial charge in [-0.25, -0.2) is 0 Å². The molecule has 0 fully saturated rings. The number of hydrogen-bond donors (Lipinski definition) is 0. The molecule has 2 aromatic rings. The lowest BCUT2D eigenvalue weighted by molar-refractivity contribution is 0.798. The third-order valence-corrected chi connectivity index (χ3v) is 3.08. The van der Waals surface area contributed by atoms with E-state index in [9.17, 15) is 0 Å². The van der Waals surface area contributed by atoms with E-state index in [1.54, 1.807) is 0 Å². The van der Waals surface area contributed by atoms with Crippen molar-refractivity contribution >= 4 is 10.8 Å². The van der Waals surface area contributed by atoms with Crippen molar-refractivity contribution in [1.29, 1.82) is 0 Å². The summed E-state index contributed by atoms with van der Waals surface area (Å²) in [4.78, 5) is 0. The summed E-state index contributed by atoms with van der Waals surface area (Å²) in [6.07, 6.45) is 1.22. The zero-order valence-electron chi connectivity index (χ0n) is 9.75. The topological polar surface area (TPSA) is 0 Å². The van der Waals surface area contributed by atoms with Crippen molar-refractivity contribution in [2.45, 2.75) is 33.1 Å². The van der Waals surface area contributed by atoms with Gasteiger partial charge in [-0.2, -0.15) is 0 Å². The highest BCUT2D eigenvalue weighted by molar-refractivity contribution is 5.91. The summed E-state index contributed by atoms with van der Waals surface area (Å²) >= 11 is 0. The van der Waals surface area contributed by atoms with Crippen molar-refractivity contribution < 1.29 is 0 Å². The third kappa shape index (κ3) is 1.54. The Morgan fingerprint density at radius 1 is 1.00 bits per heavy atom. The molecule has 1 aliphatic rings. The molecule has 0 nitrogen and oxygen atoms in total. The standard InChI is InChI=1S/C13H12.C2H6/c1-9-8-11-6-2-4-10-5-3-7-12(9)13(10)11;1-2/h2-7,9H,8H2,1H3;1-2H3. The van der Waals surface area contributed by atoms with Crippen LogP contribution in [0.4, 0.5) is 0 Å². The van der Waals surface area contributed by atoms with Crippen molar-refractivity contribution in [2.24, 2.45) is 0 Å². The zero-order chi connectivity index (χ0) is 10.8. The van der Waals surface area contributed by atoms with Crippen molar-refractivity contribution in [1.82, 2.24) is 0 Å². The fourth-order valence-electron chi connectivity index (χ4n) is 2.47. The molecule has 15 heavy (non-hydrogen) atoms. The summed E-state index contributed by atoms with van der Waals surface area (Å²) in [7, 11) is 0. The molecule has 0 radical (unpaired) electrons. The van der Waals surface area contributed by atoms with Gasteiger partial charge >= 0.3 is 0 Å². The minimum absolute atomic E-state index is 0.709.